The van der Waals surface area contributed by atoms with Gasteiger partial charge in [-0.05, 0) is 7.05 Å². The summed E-state index contributed by atoms with van der Waals surface area (Å²) in [6, 6.07) is 0. The predicted octanol–water partition coefficient (Wildman–Crippen LogP) is -0.649. The Morgan fingerprint density at radius 2 is 2.00 bits per heavy atom. The minimum Gasteiger partial charge on any atom is -0.217 e. The van der Waals surface area contributed by atoms with Crippen molar-refractivity contribution >= 4 is 51.2 Å². The summed E-state index contributed by atoms with van der Waals surface area (Å²) < 4.78 is 22.3. The Balaban J connectivity index is 0. The number of hydrogen-bond acceptors (Lipinski definition) is 2. The molecule has 0 amide bonds. The molecule has 6 heteroatoms. The molecule has 0 aliphatic rings. The Kier molecular flexibility index (Phi) is 7.49. The van der Waals surface area contributed by atoms with Crippen molar-refractivity contribution in [1.82, 2.24) is 4.72 Å². The molecule has 45 valence electrons. The summed E-state index contributed by atoms with van der Waals surface area (Å²) in [5, 5.41) is -0.372. The molecular weight excluding hydrogens is 161 g/mol. The van der Waals surface area contributed by atoms with Crippen LogP contribution in [0.15, 0.2) is 0 Å². The van der Waals surface area contributed by atoms with Gasteiger partial charge in [-0.25, -0.2) is 13.1 Å². The third kappa shape index (κ3) is 5.34. The van der Waals surface area contributed by atoms with Crippen LogP contribution in [-0.2, 0) is 10.0 Å². The normalized spacial score (nSPS) is 10.2. The van der Waals surface area contributed by atoms with Gasteiger partial charge in [0.2, 0.25) is 10.0 Å². The number of hydrogen-bond donors (Lipinski definition) is 1. The SMILES string of the molecule is CNS(=O)(=O)CCl.[Na]. The zero-order chi connectivity index (χ0) is 5.91. The van der Waals surface area contributed by atoms with Gasteiger partial charge in [-0.2, -0.15) is 0 Å². The summed E-state index contributed by atoms with van der Waals surface area (Å²) in [5.41, 5.74) is 0. The number of sulfonamides is 1. The van der Waals surface area contributed by atoms with Crippen molar-refractivity contribution < 1.29 is 8.42 Å². The van der Waals surface area contributed by atoms with Gasteiger partial charge in [0.15, 0.2) is 0 Å². The van der Waals surface area contributed by atoms with E-state index in [9.17, 15) is 8.42 Å². The van der Waals surface area contributed by atoms with E-state index < -0.39 is 10.0 Å². The molecule has 1 radical (unpaired) electrons. The maximum atomic E-state index is 10.1. The Hall–Kier alpha value is 1.20. The first-order chi connectivity index (χ1) is 3.12. The predicted molar refractivity (Wildman–Crippen MR) is 34.5 cm³/mol. The number of halogens is 1. The molecule has 0 saturated carbocycles. The van der Waals surface area contributed by atoms with Gasteiger partial charge in [0, 0.05) is 29.6 Å². The summed E-state index contributed by atoms with van der Waals surface area (Å²) in [7, 11) is -1.82. The van der Waals surface area contributed by atoms with Crippen LogP contribution in [0.4, 0.5) is 0 Å². The average molecular weight is 167 g/mol. The van der Waals surface area contributed by atoms with Crippen LogP contribution in [-0.4, -0.2) is 50.2 Å². The Bertz CT molecular complexity index is 123. The average Bonchev–Trinajstić information content (AvgIpc) is 1.68. The van der Waals surface area contributed by atoms with Crippen molar-refractivity contribution in [2.24, 2.45) is 0 Å². The van der Waals surface area contributed by atoms with Gasteiger partial charge in [0.1, 0.15) is 5.21 Å². The summed E-state index contributed by atoms with van der Waals surface area (Å²) in [4.78, 5) is 0. The summed E-state index contributed by atoms with van der Waals surface area (Å²) in [5.74, 6) is 0. The first-order valence-corrected chi connectivity index (χ1v) is 3.78. The van der Waals surface area contributed by atoms with E-state index in [0.717, 1.165) is 0 Å². The molecule has 8 heavy (non-hydrogen) atoms. The van der Waals surface area contributed by atoms with Crippen molar-refractivity contribution in [2.45, 2.75) is 0 Å². The molecule has 0 bridgehead atoms. The van der Waals surface area contributed by atoms with Gasteiger partial charge >= 0.3 is 0 Å². The van der Waals surface area contributed by atoms with Crippen molar-refractivity contribution in [2.75, 3.05) is 12.3 Å². The Labute approximate surface area is 76.1 Å². The molecule has 0 atom stereocenters. The number of alkyl halides is 1. The van der Waals surface area contributed by atoms with Crippen LogP contribution in [0.1, 0.15) is 0 Å². The van der Waals surface area contributed by atoms with Crippen LogP contribution in [0.25, 0.3) is 0 Å². The molecule has 0 aromatic rings. The standard InChI is InChI=1S/C2H6ClNO2S.Na/c1-4-7(5,6)2-3;/h4H,2H2,1H3;. The Morgan fingerprint density at radius 3 is 2.00 bits per heavy atom. The molecule has 3 nitrogen and oxygen atoms in total. The van der Waals surface area contributed by atoms with E-state index in [0.29, 0.717) is 0 Å². The van der Waals surface area contributed by atoms with Gasteiger partial charge in [0.25, 0.3) is 0 Å². The topological polar surface area (TPSA) is 46.2 Å². The zero-order valence-electron chi connectivity index (χ0n) is 4.81. The van der Waals surface area contributed by atoms with Crippen molar-refractivity contribution in [3.63, 3.8) is 0 Å². The van der Waals surface area contributed by atoms with Crippen molar-refractivity contribution in [3.05, 3.63) is 0 Å². The minimum atomic E-state index is -3.14. The fourth-order valence-corrected chi connectivity index (χ4v) is 0.491. The second-order valence-electron chi connectivity index (χ2n) is 0.928. The molecule has 0 spiro atoms. The van der Waals surface area contributed by atoms with Gasteiger partial charge in [-0.15, -0.1) is 11.6 Å². The molecular formula is C2H6ClNNaO2S. The monoisotopic (exact) mass is 166 g/mol. The molecule has 0 rings (SSSR count). The fourth-order valence-electron chi connectivity index (χ4n) is 0.0546. The molecule has 1 N–H and O–H groups in total. The van der Waals surface area contributed by atoms with E-state index in [2.05, 4.69) is 0 Å². The van der Waals surface area contributed by atoms with Crippen LogP contribution < -0.4 is 4.72 Å². The third-order valence-electron chi connectivity index (χ3n) is 0.455. The van der Waals surface area contributed by atoms with Gasteiger partial charge in [-0.3, -0.25) is 0 Å². The Morgan fingerprint density at radius 1 is 1.62 bits per heavy atom. The van der Waals surface area contributed by atoms with Crippen molar-refractivity contribution in [3.8, 4) is 0 Å². The number of nitrogens with one attached hydrogen (secondary N) is 1. The van der Waals surface area contributed by atoms with Crippen LogP contribution in [0, 0.1) is 0 Å². The third-order valence-corrected chi connectivity index (χ3v) is 2.23. The largest absolute Gasteiger partial charge is 0.225 e. The fraction of sp³-hybridized carbons (Fsp3) is 1.00. The molecule has 0 heterocycles. The molecule has 0 aromatic carbocycles. The van der Waals surface area contributed by atoms with E-state index >= 15 is 0 Å². The molecule has 0 fully saturated rings. The molecule has 0 aliphatic carbocycles. The van der Waals surface area contributed by atoms with Crippen molar-refractivity contribution in [1.29, 1.82) is 0 Å². The van der Waals surface area contributed by atoms with E-state index in [1.807, 2.05) is 4.72 Å². The molecule has 0 aliphatic heterocycles. The second-order valence-corrected chi connectivity index (χ2v) is 3.44. The van der Waals surface area contributed by atoms with Gasteiger partial charge < -0.3 is 0 Å². The molecule has 0 aromatic heterocycles. The van der Waals surface area contributed by atoms with E-state index in [1.165, 1.54) is 7.05 Å². The summed E-state index contributed by atoms with van der Waals surface area (Å²) >= 11 is 4.94. The van der Waals surface area contributed by atoms with E-state index in [-0.39, 0.29) is 34.8 Å². The van der Waals surface area contributed by atoms with Crippen LogP contribution >= 0.6 is 11.6 Å². The van der Waals surface area contributed by atoms with Crippen LogP contribution in [0.2, 0.25) is 0 Å². The zero-order valence-corrected chi connectivity index (χ0v) is 8.38. The van der Waals surface area contributed by atoms with Gasteiger partial charge in [0.05, 0.1) is 0 Å². The maximum absolute atomic E-state index is 10.1. The molecule has 0 unspecified atom stereocenters. The first kappa shape index (κ1) is 11.9. The quantitative estimate of drug-likeness (QED) is 0.438. The van der Waals surface area contributed by atoms with Crippen LogP contribution in [0.5, 0.6) is 0 Å². The minimum absolute atomic E-state index is 0. The van der Waals surface area contributed by atoms with E-state index in [4.69, 9.17) is 11.6 Å². The summed E-state index contributed by atoms with van der Waals surface area (Å²) in [6.07, 6.45) is 0. The van der Waals surface area contributed by atoms with Crippen LogP contribution in [0.3, 0.4) is 0 Å². The maximum Gasteiger partial charge on any atom is 0.225 e. The summed E-state index contributed by atoms with van der Waals surface area (Å²) in [6.45, 7) is 0. The first-order valence-electron chi connectivity index (χ1n) is 1.59. The van der Waals surface area contributed by atoms with E-state index in [1.54, 1.807) is 0 Å². The number of rotatable bonds is 2. The van der Waals surface area contributed by atoms with Gasteiger partial charge in [-0.1, -0.05) is 0 Å². The smallest absolute Gasteiger partial charge is 0.217 e. The second kappa shape index (κ2) is 5.02. The molecule has 0 saturated heterocycles.